The quantitative estimate of drug-likeness (QED) is 0.865. The number of carbonyl (C=O) groups excluding carboxylic acids is 1. The lowest BCUT2D eigenvalue weighted by Crippen LogP contribution is -2.19. The monoisotopic (exact) mass is 248 g/mol. The summed E-state index contributed by atoms with van der Waals surface area (Å²) in [6.45, 7) is 1.70. The first-order chi connectivity index (χ1) is 8.54. The number of aromatic nitrogens is 2. The fraction of sp³-hybridized carbons (Fsp3) is 0.167. The highest BCUT2D eigenvalue weighted by atomic mass is 19.1. The Balaban J connectivity index is 2.00. The fourth-order valence-corrected chi connectivity index (χ4v) is 1.54. The topological polar surface area (TPSA) is 72.9 Å². The Morgan fingerprint density at radius 3 is 2.89 bits per heavy atom. The fourth-order valence-electron chi connectivity index (χ4n) is 1.54. The van der Waals surface area contributed by atoms with Gasteiger partial charge in [0, 0.05) is 11.9 Å². The lowest BCUT2D eigenvalue weighted by Gasteiger charge is -2.06. The Bertz CT molecular complexity index is 579. The molecule has 0 radical (unpaired) electrons. The highest BCUT2D eigenvalue weighted by Crippen LogP contribution is 2.13. The zero-order valence-electron chi connectivity index (χ0n) is 9.85. The van der Waals surface area contributed by atoms with Gasteiger partial charge in [-0.05, 0) is 36.8 Å². The van der Waals surface area contributed by atoms with E-state index in [-0.39, 0.29) is 18.3 Å². The third kappa shape index (κ3) is 2.85. The summed E-state index contributed by atoms with van der Waals surface area (Å²) in [4.78, 5) is 11.7. The molecule has 18 heavy (non-hydrogen) atoms. The van der Waals surface area contributed by atoms with Crippen molar-refractivity contribution in [2.45, 2.75) is 13.5 Å². The van der Waals surface area contributed by atoms with Gasteiger partial charge in [-0.25, -0.2) is 4.39 Å². The summed E-state index contributed by atoms with van der Waals surface area (Å²) in [5.41, 5.74) is 6.48. The van der Waals surface area contributed by atoms with Crippen LogP contribution < -0.4 is 11.1 Å². The van der Waals surface area contributed by atoms with E-state index in [0.717, 1.165) is 0 Å². The zero-order valence-corrected chi connectivity index (χ0v) is 9.85. The maximum atomic E-state index is 13.0. The van der Waals surface area contributed by atoms with Crippen molar-refractivity contribution in [1.82, 2.24) is 9.78 Å². The van der Waals surface area contributed by atoms with Crippen LogP contribution in [-0.4, -0.2) is 15.7 Å². The van der Waals surface area contributed by atoms with E-state index in [4.69, 9.17) is 5.73 Å². The average molecular weight is 248 g/mol. The minimum atomic E-state index is -0.298. The number of benzene rings is 1. The molecule has 6 heteroatoms. The minimum absolute atomic E-state index is 0.0631. The highest BCUT2D eigenvalue weighted by Gasteiger charge is 2.06. The van der Waals surface area contributed by atoms with Crippen LogP contribution in [0.2, 0.25) is 0 Å². The minimum Gasteiger partial charge on any atom is -0.382 e. The Kier molecular flexibility index (Phi) is 3.27. The Labute approximate surface area is 103 Å². The number of nitrogens with zero attached hydrogens (tertiary/aromatic N) is 2. The molecule has 0 saturated heterocycles. The number of rotatable bonds is 3. The molecule has 0 unspecified atom stereocenters. The lowest BCUT2D eigenvalue weighted by molar-refractivity contribution is -0.116. The molecule has 2 rings (SSSR count). The molecule has 0 spiro atoms. The van der Waals surface area contributed by atoms with Crippen LogP contribution in [-0.2, 0) is 11.3 Å². The molecule has 0 aliphatic carbocycles. The van der Waals surface area contributed by atoms with E-state index >= 15 is 0 Å². The van der Waals surface area contributed by atoms with Crippen LogP contribution >= 0.6 is 0 Å². The summed E-state index contributed by atoms with van der Waals surface area (Å²) in [5.74, 6) is -0.183. The van der Waals surface area contributed by atoms with Crippen LogP contribution in [0, 0.1) is 12.7 Å². The molecular weight excluding hydrogens is 235 g/mol. The van der Waals surface area contributed by atoms with Crippen molar-refractivity contribution in [2.24, 2.45) is 0 Å². The van der Waals surface area contributed by atoms with Crippen LogP contribution in [0.25, 0.3) is 0 Å². The van der Waals surface area contributed by atoms with Gasteiger partial charge in [-0.2, -0.15) is 5.10 Å². The number of hydrogen-bond donors (Lipinski definition) is 2. The maximum absolute atomic E-state index is 13.0. The Morgan fingerprint density at radius 1 is 1.50 bits per heavy atom. The number of anilines is 2. The van der Waals surface area contributed by atoms with Crippen molar-refractivity contribution in [3.05, 3.63) is 41.8 Å². The molecule has 1 aromatic heterocycles. The molecular formula is C12H13FN4O. The summed E-state index contributed by atoms with van der Waals surface area (Å²) < 4.78 is 14.5. The van der Waals surface area contributed by atoms with Gasteiger partial charge in [-0.3, -0.25) is 9.48 Å². The van der Waals surface area contributed by atoms with Crippen molar-refractivity contribution in [3.8, 4) is 0 Å². The molecule has 1 aromatic carbocycles. The van der Waals surface area contributed by atoms with Gasteiger partial charge in [-0.1, -0.05) is 0 Å². The van der Waals surface area contributed by atoms with E-state index in [1.807, 2.05) is 0 Å². The van der Waals surface area contributed by atoms with E-state index in [0.29, 0.717) is 17.1 Å². The predicted octanol–water partition coefficient (Wildman–Crippen LogP) is 1.55. The van der Waals surface area contributed by atoms with E-state index in [9.17, 15) is 9.18 Å². The van der Waals surface area contributed by atoms with E-state index in [1.165, 1.54) is 16.8 Å². The molecule has 0 atom stereocenters. The number of carbonyl (C=O) groups is 1. The first-order valence-electron chi connectivity index (χ1n) is 5.39. The summed E-state index contributed by atoms with van der Waals surface area (Å²) in [6, 6.07) is 6.01. The summed E-state index contributed by atoms with van der Waals surface area (Å²) >= 11 is 0. The molecule has 94 valence electrons. The van der Waals surface area contributed by atoms with Crippen LogP contribution in [0.15, 0.2) is 30.5 Å². The van der Waals surface area contributed by atoms with Gasteiger partial charge >= 0.3 is 0 Å². The first kappa shape index (κ1) is 12.1. The SMILES string of the molecule is Cc1cc(NC(=O)Cn2ccc(N)n2)ccc1F. The van der Waals surface area contributed by atoms with Gasteiger partial charge < -0.3 is 11.1 Å². The molecule has 0 aliphatic rings. The summed E-state index contributed by atoms with van der Waals surface area (Å²) in [7, 11) is 0. The molecule has 2 aromatic rings. The smallest absolute Gasteiger partial charge is 0.246 e. The third-order valence-electron chi connectivity index (χ3n) is 2.41. The lowest BCUT2D eigenvalue weighted by atomic mass is 10.2. The van der Waals surface area contributed by atoms with Gasteiger partial charge in [0.15, 0.2) is 0 Å². The number of aryl methyl sites for hydroxylation is 1. The van der Waals surface area contributed by atoms with Gasteiger partial charge in [0.2, 0.25) is 5.91 Å². The number of nitrogen functional groups attached to an aromatic ring is 1. The molecule has 3 N–H and O–H groups in total. The first-order valence-corrected chi connectivity index (χ1v) is 5.39. The molecule has 0 bridgehead atoms. The zero-order chi connectivity index (χ0) is 13.1. The van der Waals surface area contributed by atoms with Crippen molar-refractivity contribution < 1.29 is 9.18 Å². The third-order valence-corrected chi connectivity index (χ3v) is 2.41. The number of nitrogens with one attached hydrogen (secondary N) is 1. The predicted molar refractivity (Wildman–Crippen MR) is 66.4 cm³/mol. The molecule has 1 heterocycles. The standard InChI is InChI=1S/C12H13FN4O/c1-8-6-9(2-3-10(8)13)15-12(18)7-17-5-4-11(14)16-17/h2-6H,7H2,1H3,(H2,14,16)(H,15,18). The van der Waals surface area contributed by atoms with Crippen LogP contribution in [0.3, 0.4) is 0 Å². The van der Waals surface area contributed by atoms with Crippen LogP contribution in [0.1, 0.15) is 5.56 Å². The Hall–Kier alpha value is -2.37. The van der Waals surface area contributed by atoms with E-state index < -0.39 is 0 Å². The number of nitrogens with two attached hydrogens (primary N) is 1. The Morgan fingerprint density at radius 2 is 2.28 bits per heavy atom. The van der Waals surface area contributed by atoms with Crippen molar-refractivity contribution in [1.29, 1.82) is 0 Å². The highest BCUT2D eigenvalue weighted by molar-refractivity contribution is 5.90. The second-order valence-corrected chi connectivity index (χ2v) is 3.95. The number of amides is 1. The summed E-state index contributed by atoms with van der Waals surface area (Å²) in [5, 5.41) is 6.56. The van der Waals surface area contributed by atoms with Crippen molar-refractivity contribution in [3.63, 3.8) is 0 Å². The van der Waals surface area contributed by atoms with Crippen molar-refractivity contribution in [2.75, 3.05) is 11.1 Å². The van der Waals surface area contributed by atoms with Crippen molar-refractivity contribution >= 4 is 17.4 Å². The van der Waals surface area contributed by atoms with E-state index in [1.54, 1.807) is 25.3 Å². The van der Waals surface area contributed by atoms with Gasteiger partial charge in [-0.15, -0.1) is 0 Å². The molecule has 5 nitrogen and oxygen atoms in total. The van der Waals surface area contributed by atoms with Gasteiger partial charge in [0.1, 0.15) is 18.2 Å². The molecule has 1 amide bonds. The second kappa shape index (κ2) is 4.87. The number of hydrogen-bond acceptors (Lipinski definition) is 3. The second-order valence-electron chi connectivity index (χ2n) is 3.95. The van der Waals surface area contributed by atoms with Crippen LogP contribution in [0.4, 0.5) is 15.9 Å². The number of halogens is 1. The molecule has 0 aliphatic heterocycles. The normalized spacial score (nSPS) is 10.3. The molecule has 0 saturated carbocycles. The molecule has 0 fully saturated rings. The van der Waals surface area contributed by atoms with Gasteiger partial charge in [0.05, 0.1) is 0 Å². The average Bonchev–Trinajstić information content (AvgIpc) is 2.69. The maximum Gasteiger partial charge on any atom is 0.246 e. The summed E-state index contributed by atoms with van der Waals surface area (Å²) in [6.07, 6.45) is 1.62. The van der Waals surface area contributed by atoms with Crippen LogP contribution in [0.5, 0.6) is 0 Å². The largest absolute Gasteiger partial charge is 0.382 e. The van der Waals surface area contributed by atoms with E-state index in [2.05, 4.69) is 10.4 Å². The van der Waals surface area contributed by atoms with Gasteiger partial charge in [0.25, 0.3) is 0 Å².